The molecule has 1 saturated carbocycles. The normalized spacial score (nSPS) is 14.0. The molecule has 6 heteroatoms. The molecule has 3 aromatic rings. The zero-order valence-electron chi connectivity index (χ0n) is 16.2. The van der Waals surface area contributed by atoms with Crippen LogP contribution in [-0.4, -0.2) is 17.9 Å². The highest BCUT2D eigenvalue weighted by molar-refractivity contribution is 8.00. The summed E-state index contributed by atoms with van der Waals surface area (Å²) < 4.78 is 0. The van der Waals surface area contributed by atoms with Crippen LogP contribution in [-0.2, 0) is 4.79 Å². The van der Waals surface area contributed by atoms with Gasteiger partial charge in [0.25, 0.3) is 5.91 Å². The number of benzene rings is 3. The van der Waals surface area contributed by atoms with E-state index >= 15 is 0 Å². The van der Waals surface area contributed by atoms with Gasteiger partial charge in [0.2, 0.25) is 5.91 Å². The lowest BCUT2D eigenvalue weighted by molar-refractivity contribution is -0.115. The Labute approximate surface area is 185 Å². The number of hydrogen-bond donors (Lipinski definition) is 2. The number of nitrogens with one attached hydrogen (secondary N) is 2. The topological polar surface area (TPSA) is 58.2 Å². The fraction of sp³-hybridized carbons (Fsp3) is 0.167. The van der Waals surface area contributed by atoms with Gasteiger partial charge in [-0.05, 0) is 48.7 Å². The number of halogens is 1. The van der Waals surface area contributed by atoms with Gasteiger partial charge in [-0.2, -0.15) is 0 Å². The molecule has 2 N–H and O–H groups in total. The predicted molar refractivity (Wildman–Crippen MR) is 122 cm³/mol. The Balaban J connectivity index is 1.51. The maximum absolute atomic E-state index is 13.1. The van der Waals surface area contributed by atoms with Gasteiger partial charge in [0, 0.05) is 16.6 Å². The molecular weight excluding hydrogens is 416 g/mol. The number of anilines is 1. The number of carbonyl (C=O) groups is 2. The third-order valence-electron chi connectivity index (χ3n) is 4.73. The lowest BCUT2D eigenvalue weighted by Gasteiger charge is -2.17. The van der Waals surface area contributed by atoms with E-state index in [4.69, 9.17) is 11.6 Å². The zero-order chi connectivity index (χ0) is 20.9. The van der Waals surface area contributed by atoms with Crippen molar-refractivity contribution in [2.24, 2.45) is 0 Å². The first-order valence-corrected chi connectivity index (χ1v) is 11.0. The number of amides is 2. The molecule has 1 aliphatic carbocycles. The third-order valence-corrected chi connectivity index (χ3v) is 6.31. The first-order chi connectivity index (χ1) is 14.6. The van der Waals surface area contributed by atoms with Crippen molar-refractivity contribution in [3.05, 3.63) is 95.0 Å². The molecule has 0 bridgehead atoms. The van der Waals surface area contributed by atoms with Gasteiger partial charge in [0.1, 0.15) is 5.25 Å². The number of hydrogen-bond acceptors (Lipinski definition) is 3. The molecule has 1 atom stereocenters. The van der Waals surface area contributed by atoms with E-state index in [2.05, 4.69) is 10.6 Å². The Morgan fingerprint density at radius 3 is 2.23 bits per heavy atom. The van der Waals surface area contributed by atoms with Crippen molar-refractivity contribution in [3.63, 3.8) is 0 Å². The molecule has 1 fully saturated rings. The minimum atomic E-state index is -0.426. The molecule has 4 nitrogen and oxygen atoms in total. The zero-order valence-corrected chi connectivity index (χ0v) is 17.7. The number of carbonyl (C=O) groups excluding carboxylic acids is 2. The SMILES string of the molecule is O=C(NC1CC1)c1ccc(NC(=O)C(Sc2ccccc2)c2ccccc2)cc1Cl. The van der Waals surface area contributed by atoms with E-state index in [1.807, 2.05) is 60.7 Å². The van der Waals surface area contributed by atoms with Crippen LogP contribution in [0.15, 0.2) is 83.8 Å². The van der Waals surface area contributed by atoms with Crippen molar-refractivity contribution in [3.8, 4) is 0 Å². The quantitative estimate of drug-likeness (QED) is 0.467. The van der Waals surface area contributed by atoms with E-state index in [0.29, 0.717) is 16.3 Å². The summed E-state index contributed by atoms with van der Waals surface area (Å²) in [5.74, 6) is -0.330. The van der Waals surface area contributed by atoms with E-state index in [9.17, 15) is 9.59 Å². The van der Waals surface area contributed by atoms with E-state index in [1.165, 1.54) is 11.8 Å². The molecule has 0 aliphatic heterocycles. The Morgan fingerprint density at radius 2 is 1.60 bits per heavy atom. The first-order valence-electron chi connectivity index (χ1n) is 9.78. The maximum Gasteiger partial charge on any atom is 0.253 e. The Morgan fingerprint density at radius 1 is 0.933 bits per heavy atom. The summed E-state index contributed by atoms with van der Waals surface area (Å²) in [6.07, 6.45) is 2.02. The van der Waals surface area contributed by atoms with E-state index in [0.717, 1.165) is 23.3 Å². The van der Waals surface area contributed by atoms with E-state index in [-0.39, 0.29) is 17.9 Å². The summed E-state index contributed by atoms with van der Waals surface area (Å²) >= 11 is 7.81. The van der Waals surface area contributed by atoms with Gasteiger partial charge in [0.05, 0.1) is 10.6 Å². The Bertz CT molecular complexity index is 1040. The van der Waals surface area contributed by atoms with Gasteiger partial charge in [-0.1, -0.05) is 60.1 Å². The summed E-state index contributed by atoms with van der Waals surface area (Å²) in [6, 6.07) is 24.7. The summed E-state index contributed by atoms with van der Waals surface area (Å²) in [5.41, 5.74) is 1.89. The van der Waals surface area contributed by atoms with Crippen molar-refractivity contribution in [1.82, 2.24) is 5.32 Å². The van der Waals surface area contributed by atoms with Crippen LogP contribution in [0.25, 0.3) is 0 Å². The molecule has 0 saturated heterocycles. The van der Waals surface area contributed by atoms with E-state index < -0.39 is 5.25 Å². The smallest absolute Gasteiger partial charge is 0.253 e. The summed E-state index contributed by atoms with van der Waals surface area (Å²) in [6.45, 7) is 0. The highest BCUT2D eigenvalue weighted by Gasteiger charge is 2.25. The van der Waals surface area contributed by atoms with Gasteiger partial charge in [0.15, 0.2) is 0 Å². The molecule has 0 heterocycles. The monoisotopic (exact) mass is 436 g/mol. The molecule has 0 spiro atoms. The second-order valence-corrected chi connectivity index (χ2v) is 8.74. The minimum Gasteiger partial charge on any atom is -0.349 e. The van der Waals surface area contributed by atoms with Crippen LogP contribution in [0.4, 0.5) is 5.69 Å². The third kappa shape index (κ3) is 5.23. The standard InChI is InChI=1S/C24H21ClN2O2S/c25-21-15-18(13-14-20(21)23(28)26-17-11-12-17)27-24(29)22(16-7-3-1-4-8-16)30-19-9-5-2-6-10-19/h1-10,13-15,17,22H,11-12H2,(H,26,28)(H,27,29). The molecule has 0 aromatic heterocycles. The fourth-order valence-electron chi connectivity index (χ4n) is 3.01. The second kappa shape index (κ2) is 9.37. The van der Waals surface area contributed by atoms with Crippen LogP contribution in [0, 0.1) is 0 Å². The lowest BCUT2D eigenvalue weighted by atomic mass is 10.1. The Hall–Kier alpha value is -2.76. The van der Waals surface area contributed by atoms with Gasteiger partial charge in [-0.3, -0.25) is 9.59 Å². The van der Waals surface area contributed by atoms with Crippen molar-refractivity contribution in [2.45, 2.75) is 29.0 Å². The number of rotatable bonds is 7. The maximum atomic E-state index is 13.1. The summed E-state index contributed by atoms with van der Waals surface area (Å²) in [4.78, 5) is 26.4. The minimum absolute atomic E-state index is 0.152. The van der Waals surface area contributed by atoms with Crippen LogP contribution in [0.5, 0.6) is 0 Å². The largest absolute Gasteiger partial charge is 0.349 e. The van der Waals surface area contributed by atoms with E-state index in [1.54, 1.807) is 18.2 Å². The molecule has 3 aromatic carbocycles. The fourth-order valence-corrected chi connectivity index (χ4v) is 4.32. The number of thioether (sulfide) groups is 1. The van der Waals surface area contributed by atoms with Crippen molar-refractivity contribution in [1.29, 1.82) is 0 Å². The molecule has 152 valence electrons. The first kappa shape index (κ1) is 20.5. The van der Waals surface area contributed by atoms with Crippen molar-refractivity contribution < 1.29 is 9.59 Å². The molecule has 30 heavy (non-hydrogen) atoms. The summed E-state index contributed by atoms with van der Waals surface area (Å²) in [5, 5.41) is 5.76. The molecule has 1 unspecified atom stereocenters. The van der Waals surface area contributed by atoms with Crippen molar-refractivity contribution in [2.75, 3.05) is 5.32 Å². The van der Waals surface area contributed by atoms with Crippen LogP contribution in [0.1, 0.15) is 34.0 Å². The van der Waals surface area contributed by atoms with Gasteiger partial charge >= 0.3 is 0 Å². The van der Waals surface area contributed by atoms with Crippen LogP contribution in [0.3, 0.4) is 0 Å². The van der Waals surface area contributed by atoms with Crippen LogP contribution >= 0.6 is 23.4 Å². The van der Waals surface area contributed by atoms with Crippen LogP contribution < -0.4 is 10.6 Å². The molecule has 4 rings (SSSR count). The second-order valence-electron chi connectivity index (χ2n) is 7.15. The molecule has 2 amide bonds. The predicted octanol–water partition coefficient (Wildman–Crippen LogP) is 5.70. The Kier molecular flexibility index (Phi) is 6.41. The average molecular weight is 437 g/mol. The van der Waals surface area contributed by atoms with Gasteiger partial charge in [-0.25, -0.2) is 0 Å². The van der Waals surface area contributed by atoms with Crippen LogP contribution in [0.2, 0.25) is 5.02 Å². The summed E-state index contributed by atoms with van der Waals surface area (Å²) in [7, 11) is 0. The van der Waals surface area contributed by atoms with Gasteiger partial charge < -0.3 is 10.6 Å². The molecule has 0 radical (unpaired) electrons. The molecular formula is C24H21ClN2O2S. The molecule has 1 aliphatic rings. The van der Waals surface area contributed by atoms with Gasteiger partial charge in [-0.15, -0.1) is 11.8 Å². The lowest BCUT2D eigenvalue weighted by Crippen LogP contribution is -2.25. The van der Waals surface area contributed by atoms with Crippen molar-refractivity contribution >= 4 is 40.9 Å². The highest BCUT2D eigenvalue weighted by Crippen LogP contribution is 2.36. The average Bonchev–Trinajstić information content (AvgIpc) is 3.57. The highest BCUT2D eigenvalue weighted by atomic mass is 35.5.